The highest BCUT2D eigenvalue weighted by atomic mass is 16.3. The zero-order valence-electron chi connectivity index (χ0n) is 16.1. The van der Waals surface area contributed by atoms with E-state index in [-0.39, 0.29) is 23.8 Å². The number of nitrogens with zero attached hydrogens (tertiary/aromatic N) is 1. The van der Waals surface area contributed by atoms with Crippen LogP contribution in [-0.4, -0.2) is 41.4 Å². The van der Waals surface area contributed by atoms with E-state index in [0.29, 0.717) is 24.4 Å². The average Bonchev–Trinajstić information content (AvgIpc) is 2.93. The zero-order valence-corrected chi connectivity index (χ0v) is 16.1. The minimum Gasteiger partial charge on any atom is -0.466 e. The molecule has 3 rings (SSSR count). The normalized spacial score (nSPS) is 27.4. The number of carbonyl (C=O) groups is 2. The minimum atomic E-state index is -0.392. The van der Waals surface area contributed by atoms with Gasteiger partial charge >= 0.3 is 0 Å². The monoisotopic (exact) mass is 361 g/mol. The molecule has 0 spiro atoms. The van der Waals surface area contributed by atoms with Crippen molar-refractivity contribution in [2.24, 2.45) is 11.7 Å². The number of nitrogens with two attached hydrogens (primary N) is 1. The number of piperidine rings is 1. The smallest absolute Gasteiger partial charge is 0.255 e. The average molecular weight is 361 g/mol. The molecule has 1 aliphatic carbocycles. The van der Waals surface area contributed by atoms with Gasteiger partial charge in [-0.3, -0.25) is 9.59 Å². The maximum Gasteiger partial charge on any atom is 0.255 e. The molecule has 0 bridgehead atoms. The van der Waals surface area contributed by atoms with Crippen LogP contribution < -0.4 is 11.1 Å². The third kappa shape index (κ3) is 3.95. The first kappa shape index (κ1) is 19.0. The van der Waals surface area contributed by atoms with E-state index >= 15 is 0 Å². The SMILES string of the molecule is Cc1cc(C(=O)NC2CCN(C(=O)C3CCCCC3(C)N)CC2)c(C)o1. The molecule has 6 heteroatoms. The van der Waals surface area contributed by atoms with Crippen LogP contribution in [0.1, 0.15) is 67.3 Å². The van der Waals surface area contributed by atoms with Crippen molar-refractivity contribution >= 4 is 11.8 Å². The molecular weight excluding hydrogens is 330 g/mol. The molecule has 1 aromatic heterocycles. The number of hydrogen-bond acceptors (Lipinski definition) is 4. The molecule has 2 heterocycles. The van der Waals surface area contributed by atoms with Crippen LogP contribution >= 0.6 is 0 Å². The second-order valence-corrected chi connectivity index (χ2v) is 8.20. The van der Waals surface area contributed by atoms with E-state index in [2.05, 4.69) is 5.32 Å². The number of aryl methyl sites for hydroxylation is 2. The van der Waals surface area contributed by atoms with Gasteiger partial charge in [0, 0.05) is 24.7 Å². The Bertz CT molecular complexity index is 672. The summed E-state index contributed by atoms with van der Waals surface area (Å²) in [6.45, 7) is 7.01. The van der Waals surface area contributed by atoms with E-state index in [4.69, 9.17) is 10.2 Å². The lowest BCUT2D eigenvalue weighted by Crippen LogP contribution is -2.56. The summed E-state index contributed by atoms with van der Waals surface area (Å²) in [4.78, 5) is 27.3. The number of amides is 2. The van der Waals surface area contributed by atoms with Crippen LogP contribution in [0.4, 0.5) is 0 Å². The molecule has 1 aromatic rings. The summed E-state index contributed by atoms with van der Waals surface area (Å²) in [6.07, 6.45) is 5.56. The van der Waals surface area contributed by atoms with Gasteiger partial charge in [-0.05, 0) is 52.5 Å². The van der Waals surface area contributed by atoms with Gasteiger partial charge in [-0.15, -0.1) is 0 Å². The largest absolute Gasteiger partial charge is 0.466 e. The molecule has 1 saturated carbocycles. The van der Waals surface area contributed by atoms with Crippen molar-refractivity contribution in [3.8, 4) is 0 Å². The molecule has 2 amide bonds. The predicted molar refractivity (Wildman–Crippen MR) is 99.8 cm³/mol. The van der Waals surface area contributed by atoms with Crippen molar-refractivity contribution in [3.05, 3.63) is 23.2 Å². The summed E-state index contributed by atoms with van der Waals surface area (Å²) in [7, 11) is 0. The molecule has 2 atom stereocenters. The molecule has 2 unspecified atom stereocenters. The standard InChI is InChI=1S/C20H31N3O3/c1-13-12-16(14(2)26-13)18(24)22-15-7-10-23(11-8-15)19(25)17-6-4-5-9-20(17,3)21/h12,15,17H,4-11,21H2,1-3H3,(H,22,24). The van der Waals surface area contributed by atoms with E-state index < -0.39 is 5.54 Å². The van der Waals surface area contributed by atoms with Gasteiger partial charge in [-0.1, -0.05) is 12.8 Å². The summed E-state index contributed by atoms with van der Waals surface area (Å²) < 4.78 is 5.43. The first-order valence-electron chi connectivity index (χ1n) is 9.73. The molecule has 2 fully saturated rings. The third-order valence-corrected chi connectivity index (χ3v) is 5.98. The maximum atomic E-state index is 12.9. The Labute approximate surface area is 155 Å². The summed E-state index contributed by atoms with van der Waals surface area (Å²) in [5.41, 5.74) is 6.60. The fourth-order valence-corrected chi connectivity index (χ4v) is 4.35. The van der Waals surface area contributed by atoms with Gasteiger partial charge < -0.3 is 20.4 Å². The molecule has 1 saturated heterocycles. The van der Waals surface area contributed by atoms with Crippen LogP contribution in [0.5, 0.6) is 0 Å². The third-order valence-electron chi connectivity index (χ3n) is 5.98. The van der Waals surface area contributed by atoms with Crippen molar-refractivity contribution in [3.63, 3.8) is 0 Å². The van der Waals surface area contributed by atoms with Gasteiger partial charge in [-0.25, -0.2) is 0 Å². The van der Waals surface area contributed by atoms with Crippen molar-refractivity contribution in [2.75, 3.05) is 13.1 Å². The lowest BCUT2D eigenvalue weighted by Gasteiger charge is -2.41. The van der Waals surface area contributed by atoms with Crippen molar-refractivity contribution in [1.29, 1.82) is 0 Å². The van der Waals surface area contributed by atoms with Crippen LogP contribution in [0, 0.1) is 19.8 Å². The summed E-state index contributed by atoms with van der Waals surface area (Å²) in [5, 5.41) is 3.08. The lowest BCUT2D eigenvalue weighted by molar-refractivity contribution is -0.140. The van der Waals surface area contributed by atoms with Gasteiger partial charge in [0.25, 0.3) is 5.91 Å². The van der Waals surface area contributed by atoms with Crippen LogP contribution in [0.3, 0.4) is 0 Å². The molecule has 0 aromatic carbocycles. The van der Waals surface area contributed by atoms with E-state index in [1.165, 1.54) is 0 Å². The highest BCUT2D eigenvalue weighted by Gasteiger charge is 2.40. The van der Waals surface area contributed by atoms with Gasteiger partial charge in [-0.2, -0.15) is 0 Å². The minimum absolute atomic E-state index is 0.0704. The zero-order chi connectivity index (χ0) is 18.9. The highest BCUT2D eigenvalue weighted by Crippen LogP contribution is 2.33. The Morgan fingerprint density at radius 3 is 2.50 bits per heavy atom. The van der Waals surface area contributed by atoms with Gasteiger partial charge in [0.05, 0.1) is 11.5 Å². The molecular formula is C20H31N3O3. The number of nitrogens with one attached hydrogen (secondary N) is 1. The molecule has 3 N–H and O–H groups in total. The first-order valence-corrected chi connectivity index (χ1v) is 9.73. The van der Waals surface area contributed by atoms with E-state index in [1.54, 1.807) is 13.0 Å². The second kappa shape index (κ2) is 7.43. The van der Waals surface area contributed by atoms with E-state index in [0.717, 1.165) is 44.3 Å². The summed E-state index contributed by atoms with van der Waals surface area (Å²) in [6, 6.07) is 1.87. The maximum absolute atomic E-state index is 12.9. The Morgan fingerprint density at radius 1 is 1.23 bits per heavy atom. The summed E-state index contributed by atoms with van der Waals surface area (Å²) >= 11 is 0. The number of likely N-dealkylation sites (tertiary alicyclic amines) is 1. The molecule has 26 heavy (non-hydrogen) atoms. The summed E-state index contributed by atoms with van der Waals surface area (Å²) in [5.74, 6) is 1.42. The van der Waals surface area contributed by atoms with Crippen molar-refractivity contribution in [2.45, 2.75) is 70.9 Å². The fourth-order valence-electron chi connectivity index (χ4n) is 4.35. The second-order valence-electron chi connectivity index (χ2n) is 8.20. The van der Waals surface area contributed by atoms with Crippen LogP contribution in [0.2, 0.25) is 0 Å². The Hall–Kier alpha value is -1.82. The van der Waals surface area contributed by atoms with Crippen LogP contribution in [0.15, 0.2) is 10.5 Å². The number of carbonyl (C=O) groups excluding carboxylic acids is 2. The Morgan fingerprint density at radius 2 is 1.92 bits per heavy atom. The highest BCUT2D eigenvalue weighted by molar-refractivity contribution is 5.95. The molecule has 6 nitrogen and oxygen atoms in total. The van der Waals surface area contributed by atoms with Crippen LogP contribution in [-0.2, 0) is 4.79 Å². The molecule has 2 aliphatic rings. The number of rotatable bonds is 3. The van der Waals surface area contributed by atoms with Crippen LogP contribution in [0.25, 0.3) is 0 Å². The lowest BCUT2D eigenvalue weighted by atomic mass is 9.74. The van der Waals surface area contributed by atoms with Gasteiger partial charge in [0.1, 0.15) is 11.5 Å². The quantitative estimate of drug-likeness (QED) is 0.866. The number of furan rings is 1. The Kier molecular flexibility index (Phi) is 5.42. The topological polar surface area (TPSA) is 88.6 Å². The predicted octanol–water partition coefficient (Wildman–Crippen LogP) is 2.52. The number of hydrogen-bond donors (Lipinski definition) is 2. The van der Waals surface area contributed by atoms with Crippen molar-refractivity contribution in [1.82, 2.24) is 10.2 Å². The molecule has 144 valence electrons. The first-order chi connectivity index (χ1) is 12.3. The Balaban J connectivity index is 1.53. The molecule has 0 radical (unpaired) electrons. The van der Waals surface area contributed by atoms with Gasteiger partial charge in [0.2, 0.25) is 5.91 Å². The molecule has 1 aliphatic heterocycles. The van der Waals surface area contributed by atoms with E-state index in [1.807, 2.05) is 18.7 Å². The van der Waals surface area contributed by atoms with E-state index in [9.17, 15) is 9.59 Å². The van der Waals surface area contributed by atoms with Crippen molar-refractivity contribution < 1.29 is 14.0 Å². The fraction of sp³-hybridized carbons (Fsp3) is 0.700. The van der Waals surface area contributed by atoms with Gasteiger partial charge in [0.15, 0.2) is 0 Å².